The molecule has 11 nitrogen and oxygen atoms in total. The van der Waals surface area contributed by atoms with E-state index >= 15 is 0 Å². The van der Waals surface area contributed by atoms with Crippen LogP contribution in [0, 0.1) is 5.41 Å². The van der Waals surface area contributed by atoms with Crippen molar-refractivity contribution in [3.05, 3.63) is 144 Å². The summed E-state index contributed by atoms with van der Waals surface area (Å²) < 4.78 is 6.71. The summed E-state index contributed by atoms with van der Waals surface area (Å²) in [4.78, 5) is 42.3. The van der Waals surface area contributed by atoms with E-state index in [4.69, 9.17) is 4.74 Å². The third kappa shape index (κ3) is 9.55. The van der Waals surface area contributed by atoms with Gasteiger partial charge in [-0.05, 0) is 52.3 Å². The summed E-state index contributed by atoms with van der Waals surface area (Å²) in [6, 6.07) is 29.4. The molecule has 0 aliphatic heterocycles. The number of aliphatic hydroxyl groups is 2. The molecule has 0 fully saturated rings. The number of benzene rings is 4. The molecule has 55 heavy (non-hydrogen) atoms. The van der Waals surface area contributed by atoms with E-state index in [0.717, 1.165) is 33.0 Å². The molecule has 0 saturated heterocycles. The number of amides is 3. The minimum absolute atomic E-state index is 0.181. The highest BCUT2D eigenvalue weighted by Crippen LogP contribution is 2.31. The van der Waals surface area contributed by atoms with E-state index < -0.39 is 59.6 Å². The lowest BCUT2D eigenvalue weighted by atomic mass is 9.85. The summed E-state index contributed by atoms with van der Waals surface area (Å²) in [5.41, 5.74) is 2.67. The lowest BCUT2D eigenvalue weighted by molar-refractivity contribution is -0.570. The van der Waals surface area contributed by atoms with Gasteiger partial charge in [0.2, 0.25) is 5.91 Å². The van der Waals surface area contributed by atoms with E-state index in [2.05, 4.69) is 21.3 Å². The number of ether oxygens (including phenoxy) is 1. The molecule has 5 aromatic rings. The van der Waals surface area contributed by atoms with Gasteiger partial charge < -0.3 is 25.6 Å². The minimum Gasteiger partial charge on any atom is -0.497 e. The van der Waals surface area contributed by atoms with E-state index in [9.17, 15) is 24.6 Å². The van der Waals surface area contributed by atoms with Crippen LogP contribution in [0.4, 0.5) is 4.79 Å². The lowest BCUT2D eigenvalue weighted by Crippen LogP contribution is -2.64. The summed E-state index contributed by atoms with van der Waals surface area (Å²) in [5.74, 6) is -0.378. The van der Waals surface area contributed by atoms with Crippen molar-refractivity contribution in [3.8, 4) is 5.75 Å². The number of carbonyl (C=O) groups excluding carboxylic acids is 3. The van der Waals surface area contributed by atoms with Crippen LogP contribution in [-0.4, -0.2) is 65.5 Å². The summed E-state index contributed by atoms with van der Waals surface area (Å²) in [6.07, 6.45) is 1.62. The largest absolute Gasteiger partial charge is 0.497 e. The van der Waals surface area contributed by atoms with Crippen molar-refractivity contribution in [1.82, 2.24) is 21.3 Å². The standard InChI is InChI=1S/C44H49N5O6/c1-44(2,3)40(48-43(54)49-23-22-30-14-8-9-16-32(30)27-49)42(53)46-35(24-28-12-6-5-7-13-28)39(51)38(45-26-29-18-20-33(55-4)21-19-29)41(52)47-37-34-17-11-10-15-31(34)25-36(37)50/h5-23,27,35-40,45,50-51H,24-26H2,1-4H3,(H2-,46,47,48,52,53,54)/p+1/t35-,36+,37-,38+,39+,40+/m0/s1. The summed E-state index contributed by atoms with van der Waals surface area (Å²) in [6.45, 7) is 5.76. The predicted molar refractivity (Wildman–Crippen MR) is 210 cm³/mol. The van der Waals surface area contributed by atoms with Gasteiger partial charge >= 0.3 is 6.03 Å². The number of rotatable bonds is 13. The molecule has 3 amide bonds. The fraction of sp³-hybridized carbons (Fsp3) is 0.318. The van der Waals surface area contributed by atoms with Gasteiger partial charge in [-0.3, -0.25) is 14.9 Å². The van der Waals surface area contributed by atoms with E-state index in [1.807, 2.05) is 130 Å². The minimum atomic E-state index is -1.46. The molecule has 0 spiro atoms. The Morgan fingerprint density at radius 1 is 0.818 bits per heavy atom. The number of pyridine rings is 1. The van der Waals surface area contributed by atoms with Gasteiger partial charge in [-0.25, -0.2) is 5.32 Å². The molecule has 1 heterocycles. The number of carbonyl (C=O) groups is 3. The number of nitrogens with zero attached hydrogens (tertiary/aromatic N) is 1. The molecule has 1 aromatic heterocycles. The smallest absolute Gasteiger partial charge is 0.496 e. The van der Waals surface area contributed by atoms with Crippen molar-refractivity contribution in [1.29, 1.82) is 0 Å². The lowest BCUT2D eigenvalue weighted by Gasteiger charge is -2.34. The van der Waals surface area contributed by atoms with Crippen LogP contribution in [0.25, 0.3) is 10.8 Å². The number of hydrogen-bond donors (Lipinski definition) is 6. The highest BCUT2D eigenvalue weighted by atomic mass is 16.5. The van der Waals surface area contributed by atoms with E-state index in [1.165, 1.54) is 4.57 Å². The Morgan fingerprint density at radius 2 is 1.49 bits per heavy atom. The molecule has 6 atom stereocenters. The second kappa shape index (κ2) is 17.2. The maximum atomic E-state index is 14.4. The van der Waals surface area contributed by atoms with Crippen molar-refractivity contribution < 1.29 is 33.9 Å². The third-order valence-electron chi connectivity index (χ3n) is 10.2. The van der Waals surface area contributed by atoms with Crippen LogP contribution < -0.4 is 30.6 Å². The van der Waals surface area contributed by atoms with Crippen LogP contribution in [0.2, 0.25) is 0 Å². The summed E-state index contributed by atoms with van der Waals surface area (Å²) in [5, 5.41) is 37.3. The Kier molecular flexibility index (Phi) is 12.2. The Labute approximate surface area is 321 Å². The molecule has 0 unspecified atom stereocenters. The fourth-order valence-electron chi connectivity index (χ4n) is 7.09. The molecular formula is C44H50N5O6+. The first-order valence-corrected chi connectivity index (χ1v) is 18.6. The molecule has 6 rings (SSSR count). The van der Waals surface area contributed by atoms with Gasteiger partial charge in [0.25, 0.3) is 5.91 Å². The zero-order valence-electron chi connectivity index (χ0n) is 31.6. The van der Waals surface area contributed by atoms with Gasteiger partial charge in [-0.1, -0.05) is 112 Å². The average Bonchev–Trinajstić information content (AvgIpc) is 3.50. The summed E-state index contributed by atoms with van der Waals surface area (Å²) in [7, 11) is 1.58. The maximum Gasteiger partial charge on any atom is 0.496 e. The Hall–Kier alpha value is -5.62. The molecule has 0 saturated carbocycles. The highest BCUT2D eigenvalue weighted by Gasteiger charge is 2.42. The van der Waals surface area contributed by atoms with Gasteiger partial charge in [0, 0.05) is 23.8 Å². The van der Waals surface area contributed by atoms with Crippen LogP contribution in [0.3, 0.4) is 0 Å². The fourth-order valence-corrected chi connectivity index (χ4v) is 7.09. The zero-order valence-corrected chi connectivity index (χ0v) is 31.6. The number of fused-ring (bicyclic) bond motifs is 2. The molecule has 4 aromatic carbocycles. The molecule has 286 valence electrons. The zero-order chi connectivity index (χ0) is 39.1. The maximum absolute atomic E-state index is 14.4. The number of methoxy groups -OCH3 is 1. The predicted octanol–water partition coefficient (Wildman–Crippen LogP) is 4.13. The monoisotopic (exact) mass is 744 g/mol. The van der Waals surface area contributed by atoms with Crippen LogP contribution in [0.1, 0.15) is 49.1 Å². The third-order valence-corrected chi connectivity index (χ3v) is 10.2. The quantitative estimate of drug-likeness (QED) is 0.0993. The molecule has 1 aliphatic rings. The van der Waals surface area contributed by atoms with E-state index in [0.29, 0.717) is 12.2 Å². The Bertz CT molecular complexity index is 2100. The molecule has 6 N–H and O–H groups in total. The van der Waals surface area contributed by atoms with Crippen LogP contribution in [-0.2, 0) is 29.0 Å². The topological polar surface area (TPSA) is 153 Å². The molecule has 1 aliphatic carbocycles. The van der Waals surface area contributed by atoms with Gasteiger partial charge in [-0.2, -0.15) is 9.36 Å². The Balaban J connectivity index is 1.28. The molecule has 11 heteroatoms. The first kappa shape index (κ1) is 39.1. The second-order valence-electron chi connectivity index (χ2n) is 15.2. The first-order chi connectivity index (χ1) is 26.4. The second-order valence-corrected chi connectivity index (χ2v) is 15.2. The van der Waals surface area contributed by atoms with Gasteiger partial charge in [0.05, 0.1) is 31.4 Å². The van der Waals surface area contributed by atoms with Gasteiger partial charge in [0.1, 0.15) is 24.2 Å². The van der Waals surface area contributed by atoms with E-state index in [1.54, 1.807) is 19.5 Å². The number of aliphatic hydroxyl groups excluding tert-OH is 2. The van der Waals surface area contributed by atoms with Crippen LogP contribution in [0.15, 0.2) is 122 Å². The highest BCUT2D eigenvalue weighted by molar-refractivity contribution is 5.87. The van der Waals surface area contributed by atoms with Crippen molar-refractivity contribution in [2.24, 2.45) is 5.41 Å². The van der Waals surface area contributed by atoms with E-state index in [-0.39, 0.29) is 13.0 Å². The number of nitrogens with one attached hydrogen (secondary N) is 4. The SMILES string of the molecule is COc1ccc(CN[C@@H](C(=O)N[C@H]2c3ccccc3C[C@H]2O)[C@H](O)[C@H](Cc2ccccc2)NC(=O)[C@@H](NC(=O)[n+]2ccc3ccccc3c2)C(C)(C)C)cc1. The van der Waals surface area contributed by atoms with Crippen molar-refractivity contribution in [2.45, 2.75) is 76.5 Å². The van der Waals surface area contributed by atoms with Gasteiger partial charge in [-0.15, -0.1) is 0 Å². The van der Waals surface area contributed by atoms with Crippen molar-refractivity contribution >= 4 is 28.6 Å². The average molecular weight is 745 g/mol. The summed E-state index contributed by atoms with van der Waals surface area (Å²) >= 11 is 0. The van der Waals surface area contributed by atoms with Crippen LogP contribution in [0.5, 0.6) is 5.75 Å². The van der Waals surface area contributed by atoms with Crippen LogP contribution >= 0.6 is 0 Å². The van der Waals surface area contributed by atoms with Gasteiger partial charge in [0.15, 0.2) is 6.04 Å². The molecular weight excluding hydrogens is 695 g/mol. The van der Waals surface area contributed by atoms with Crippen molar-refractivity contribution in [3.63, 3.8) is 0 Å². The number of aromatic nitrogens is 1. The first-order valence-electron chi connectivity index (χ1n) is 18.6. The normalized spacial score (nSPS) is 17.3. The molecule has 0 bridgehead atoms. The number of hydrogen-bond acceptors (Lipinski definition) is 7. The Morgan fingerprint density at radius 3 is 2.20 bits per heavy atom. The van der Waals surface area contributed by atoms with Crippen molar-refractivity contribution in [2.75, 3.05) is 7.11 Å². The molecule has 0 radical (unpaired) electrons.